The highest BCUT2D eigenvalue weighted by Crippen LogP contribution is 2.68. The normalized spacial score (nSPS) is 43.7. The molecule has 2 aliphatic heterocycles. The van der Waals surface area contributed by atoms with Gasteiger partial charge in [-0.3, -0.25) is 4.79 Å². The van der Waals surface area contributed by atoms with Gasteiger partial charge < -0.3 is 18.9 Å². The van der Waals surface area contributed by atoms with Gasteiger partial charge in [0.25, 0.3) is 0 Å². The topological polar surface area (TPSA) is 54.0 Å². The van der Waals surface area contributed by atoms with Crippen molar-refractivity contribution < 1.29 is 23.7 Å². The van der Waals surface area contributed by atoms with E-state index in [1.54, 1.807) is 7.11 Å². The molecule has 0 N–H and O–H groups in total. The summed E-state index contributed by atoms with van der Waals surface area (Å²) >= 11 is 0. The third kappa shape index (κ3) is 3.64. The number of allylic oxidation sites excluding steroid dienone is 2. The molecule has 0 aromatic carbocycles. The van der Waals surface area contributed by atoms with E-state index in [1.807, 2.05) is 0 Å². The maximum atomic E-state index is 14.3. The molecule has 0 unspecified atom stereocenters. The highest BCUT2D eigenvalue weighted by Gasteiger charge is 2.73. The first kappa shape index (κ1) is 23.4. The van der Waals surface area contributed by atoms with E-state index in [9.17, 15) is 4.79 Å². The maximum absolute atomic E-state index is 14.3. The fourth-order valence-corrected chi connectivity index (χ4v) is 7.72. The molecule has 0 spiro atoms. The van der Waals surface area contributed by atoms with Crippen LogP contribution < -0.4 is 0 Å². The van der Waals surface area contributed by atoms with Crippen molar-refractivity contribution in [2.24, 2.45) is 28.6 Å². The number of carbonyl (C=O) groups excluding carboxylic acids is 1. The molecule has 5 heteroatoms. The van der Waals surface area contributed by atoms with Gasteiger partial charge in [-0.25, -0.2) is 0 Å². The first-order valence-corrected chi connectivity index (χ1v) is 12.3. The zero-order valence-corrected chi connectivity index (χ0v) is 20.4. The molecule has 0 bridgehead atoms. The zero-order chi connectivity index (χ0) is 22.5. The number of Topliss-reactive ketones (excluding diaryl/α,β-unsaturated/α-hetero) is 1. The summed E-state index contributed by atoms with van der Waals surface area (Å²) in [5.41, 5.74) is 0.788. The minimum atomic E-state index is -1.08. The molecular formula is C26H42O5. The van der Waals surface area contributed by atoms with Crippen molar-refractivity contribution in [3.8, 4) is 0 Å². The Kier molecular flexibility index (Phi) is 6.22. The van der Waals surface area contributed by atoms with Crippen LogP contribution in [0.25, 0.3) is 0 Å². The highest BCUT2D eigenvalue weighted by atomic mass is 16.7. The number of hydrogen-bond donors (Lipinski definition) is 0. The van der Waals surface area contributed by atoms with Crippen LogP contribution >= 0.6 is 0 Å². The molecule has 4 rings (SSSR count). The third-order valence-electron chi connectivity index (χ3n) is 9.10. The summed E-state index contributed by atoms with van der Waals surface area (Å²) in [4.78, 5) is 14.3. The van der Waals surface area contributed by atoms with Gasteiger partial charge in [0.2, 0.25) is 5.79 Å². The van der Waals surface area contributed by atoms with Crippen LogP contribution in [0.1, 0.15) is 79.6 Å². The average Bonchev–Trinajstić information content (AvgIpc) is 3.32. The Bertz CT molecular complexity index is 721. The Labute approximate surface area is 188 Å². The lowest BCUT2D eigenvalue weighted by Crippen LogP contribution is -2.68. The molecule has 0 aromatic rings. The molecule has 31 heavy (non-hydrogen) atoms. The van der Waals surface area contributed by atoms with Crippen LogP contribution in [0, 0.1) is 28.6 Å². The van der Waals surface area contributed by atoms with Crippen LogP contribution in [0.5, 0.6) is 0 Å². The number of methoxy groups -OCH3 is 1. The Morgan fingerprint density at radius 1 is 1.13 bits per heavy atom. The van der Waals surface area contributed by atoms with Crippen molar-refractivity contribution in [1.82, 2.24) is 0 Å². The molecule has 4 aliphatic rings. The fourth-order valence-electron chi connectivity index (χ4n) is 7.72. The van der Waals surface area contributed by atoms with Crippen LogP contribution in [-0.4, -0.2) is 44.3 Å². The summed E-state index contributed by atoms with van der Waals surface area (Å²) in [5.74, 6) is -0.662. The average molecular weight is 435 g/mol. The molecule has 2 aliphatic carbocycles. The van der Waals surface area contributed by atoms with E-state index in [2.05, 4.69) is 40.7 Å². The number of carbonyl (C=O) groups is 1. The Morgan fingerprint density at radius 3 is 2.48 bits per heavy atom. The van der Waals surface area contributed by atoms with Gasteiger partial charge in [-0.15, -0.1) is 0 Å². The molecule has 5 nitrogen and oxygen atoms in total. The van der Waals surface area contributed by atoms with Crippen molar-refractivity contribution >= 4 is 5.78 Å². The van der Waals surface area contributed by atoms with Crippen molar-refractivity contribution in [3.05, 3.63) is 11.6 Å². The molecule has 0 radical (unpaired) electrons. The summed E-state index contributed by atoms with van der Waals surface area (Å²) in [5, 5.41) is 0. The van der Waals surface area contributed by atoms with E-state index in [1.165, 1.54) is 12.0 Å². The predicted molar refractivity (Wildman–Crippen MR) is 119 cm³/mol. The summed E-state index contributed by atoms with van der Waals surface area (Å²) in [6, 6.07) is 0. The predicted octanol–water partition coefficient (Wildman–Crippen LogP) is 5.28. The lowest BCUT2D eigenvalue weighted by Gasteiger charge is -2.62. The number of ketones is 1. The van der Waals surface area contributed by atoms with Gasteiger partial charge >= 0.3 is 0 Å². The molecular weight excluding hydrogens is 392 g/mol. The number of rotatable bonds is 7. The number of ether oxygens (including phenoxy) is 4. The van der Waals surface area contributed by atoms with Gasteiger partial charge in [0, 0.05) is 24.9 Å². The van der Waals surface area contributed by atoms with E-state index >= 15 is 0 Å². The summed E-state index contributed by atoms with van der Waals surface area (Å²) in [7, 11) is 1.67. The van der Waals surface area contributed by atoms with Gasteiger partial charge in [-0.2, -0.15) is 0 Å². The van der Waals surface area contributed by atoms with Crippen LogP contribution in [-0.2, 0) is 23.7 Å². The second kappa shape index (κ2) is 8.23. The first-order valence-electron chi connectivity index (χ1n) is 12.3. The van der Waals surface area contributed by atoms with E-state index in [0.717, 1.165) is 38.5 Å². The standard InChI is InChI=1S/C26H42O5/c1-18(2)9-7-13-24(4)20(11-14-25(5)29-15-16-30-25)23(3)12-8-10-19-17-31-26(28-6,21(19)23)22(24)27/h9,19-21H,7-8,10-17H2,1-6H3/t19-,20-,21+,23+,24+,26+/m0/s1. The summed E-state index contributed by atoms with van der Waals surface area (Å²) < 4.78 is 24.2. The molecule has 6 atom stereocenters. The van der Waals surface area contributed by atoms with Crippen molar-refractivity contribution in [2.75, 3.05) is 26.9 Å². The van der Waals surface area contributed by atoms with Crippen molar-refractivity contribution in [3.63, 3.8) is 0 Å². The second-order valence-corrected chi connectivity index (χ2v) is 11.3. The lowest BCUT2D eigenvalue weighted by molar-refractivity contribution is -0.268. The molecule has 0 aromatic heterocycles. The van der Waals surface area contributed by atoms with Crippen molar-refractivity contribution in [1.29, 1.82) is 0 Å². The van der Waals surface area contributed by atoms with E-state index in [-0.39, 0.29) is 23.0 Å². The molecule has 4 fully saturated rings. The smallest absolute Gasteiger partial charge is 0.233 e. The molecule has 0 amide bonds. The monoisotopic (exact) mass is 434 g/mol. The van der Waals surface area contributed by atoms with E-state index < -0.39 is 17.0 Å². The highest BCUT2D eigenvalue weighted by molar-refractivity contribution is 5.93. The zero-order valence-electron chi connectivity index (χ0n) is 20.4. The molecule has 2 saturated carbocycles. The first-order chi connectivity index (χ1) is 14.6. The van der Waals surface area contributed by atoms with E-state index in [0.29, 0.717) is 25.7 Å². The maximum Gasteiger partial charge on any atom is 0.233 e. The minimum absolute atomic E-state index is 0.00196. The largest absolute Gasteiger partial charge is 0.348 e. The van der Waals surface area contributed by atoms with Crippen LogP contribution in [0.3, 0.4) is 0 Å². The van der Waals surface area contributed by atoms with Gasteiger partial charge in [-0.05, 0) is 70.1 Å². The molecule has 2 heterocycles. The minimum Gasteiger partial charge on any atom is -0.348 e. The quantitative estimate of drug-likeness (QED) is 0.511. The van der Waals surface area contributed by atoms with Gasteiger partial charge in [0.1, 0.15) is 0 Å². The van der Waals surface area contributed by atoms with Crippen molar-refractivity contribution in [2.45, 2.75) is 91.1 Å². The Hall–Kier alpha value is -0.750. The second-order valence-electron chi connectivity index (χ2n) is 11.3. The number of hydrogen-bond acceptors (Lipinski definition) is 5. The molecule has 176 valence electrons. The van der Waals surface area contributed by atoms with Gasteiger partial charge in [0.05, 0.1) is 19.8 Å². The Morgan fingerprint density at radius 2 is 1.84 bits per heavy atom. The van der Waals surface area contributed by atoms with Crippen LogP contribution in [0.4, 0.5) is 0 Å². The SMILES string of the molecule is CO[C@@]12OC[C@@H]3CCC[C@@](C)([C@@H]31)[C@H](CCC1(C)OCCO1)[C@@](C)(CCC=C(C)C)C2=O. The summed E-state index contributed by atoms with van der Waals surface area (Å²) in [6.45, 7) is 12.8. The van der Waals surface area contributed by atoms with Crippen LogP contribution in [0.2, 0.25) is 0 Å². The van der Waals surface area contributed by atoms with Gasteiger partial charge in [-0.1, -0.05) is 31.9 Å². The Balaban J connectivity index is 1.73. The fraction of sp³-hybridized carbons (Fsp3) is 0.885. The summed E-state index contributed by atoms with van der Waals surface area (Å²) in [6.07, 6.45) is 9.16. The lowest BCUT2D eigenvalue weighted by atomic mass is 9.43. The van der Waals surface area contributed by atoms with E-state index in [4.69, 9.17) is 18.9 Å². The molecule has 2 saturated heterocycles. The van der Waals surface area contributed by atoms with Gasteiger partial charge in [0.15, 0.2) is 11.6 Å². The third-order valence-corrected chi connectivity index (χ3v) is 9.10. The van der Waals surface area contributed by atoms with Crippen LogP contribution in [0.15, 0.2) is 11.6 Å².